The molecule has 0 radical (unpaired) electrons. The maximum atomic E-state index is 14.5. The van der Waals surface area contributed by atoms with Gasteiger partial charge in [0.15, 0.2) is 5.78 Å². The third-order valence-corrected chi connectivity index (χ3v) is 8.10. The van der Waals surface area contributed by atoms with E-state index in [1.165, 1.54) is 19.2 Å². The van der Waals surface area contributed by atoms with E-state index in [0.29, 0.717) is 37.3 Å². The lowest BCUT2D eigenvalue weighted by molar-refractivity contribution is -0.147. The minimum atomic E-state index is -0.986. The lowest BCUT2D eigenvalue weighted by Crippen LogP contribution is -2.56. The summed E-state index contributed by atoms with van der Waals surface area (Å²) < 4.78 is 19.4. The largest absolute Gasteiger partial charge is 0.375 e. The van der Waals surface area contributed by atoms with Crippen molar-refractivity contribution in [3.05, 3.63) is 113 Å². The molecule has 1 N–H and O–H groups in total. The van der Waals surface area contributed by atoms with Crippen LogP contribution < -0.4 is 5.32 Å². The van der Waals surface area contributed by atoms with E-state index in [2.05, 4.69) is 5.32 Å². The van der Waals surface area contributed by atoms with Crippen molar-refractivity contribution in [1.29, 1.82) is 0 Å². The van der Waals surface area contributed by atoms with Crippen molar-refractivity contribution in [3.63, 3.8) is 0 Å². The van der Waals surface area contributed by atoms with Crippen LogP contribution in [0.3, 0.4) is 0 Å². The third kappa shape index (κ3) is 6.20. The number of ether oxygens (including phenoxy) is 1. The third-order valence-electron chi connectivity index (χ3n) is 8.10. The van der Waals surface area contributed by atoms with Crippen molar-refractivity contribution in [2.75, 3.05) is 39.9 Å². The number of likely N-dealkylation sites (tertiary alicyclic amines) is 1. The van der Waals surface area contributed by atoms with Crippen LogP contribution in [-0.4, -0.2) is 79.4 Å². The quantitative estimate of drug-likeness (QED) is 0.414. The van der Waals surface area contributed by atoms with E-state index in [0.717, 1.165) is 11.1 Å². The van der Waals surface area contributed by atoms with Crippen LogP contribution in [0.4, 0.5) is 4.39 Å². The van der Waals surface area contributed by atoms with E-state index >= 15 is 0 Å². The number of rotatable bonds is 8. The van der Waals surface area contributed by atoms with E-state index < -0.39 is 29.7 Å². The van der Waals surface area contributed by atoms with Gasteiger partial charge in [0.05, 0.1) is 12.0 Å². The van der Waals surface area contributed by atoms with Crippen LogP contribution >= 0.6 is 0 Å². The minimum absolute atomic E-state index is 0.179. The molecule has 2 heterocycles. The molecule has 0 spiro atoms. The zero-order valence-electron chi connectivity index (χ0n) is 23.9. The van der Waals surface area contributed by atoms with E-state index in [-0.39, 0.29) is 24.2 Å². The Morgan fingerprint density at radius 1 is 0.976 bits per heavy atom. The van der Waals surface area contributed by atoms with Crippen molar-refractivity contribution in [1.82, 2.24) is 15.1 Å². The molecule has 3 aromatic rings. The summed E-state index contributed by atoms with van der Waals surface area (Å²) in [6.07, 6.45) is 3.73. The Morgan fingerprint density at radius 2 is 1.69 bits per heavy atom. The summed E-state index contributed by atoms with van der Waals surface area (Å²) in [6, 6.07) is 21.1. The molecule has 3 aromatic carbocycles. The first-order chi connectivity index (χ1) is 20.4. The molecule has 2 amide bonds. The van der Waals surface area contributed by atoms with Crippen molar-refractivity contribution < 1.29 is 23.5 Å². The number of ketones is 1. The lowest BCUT2D eigenvalue weighted by atomic mass is 9.77. The number of hydrogen-bond donors (Lipinski definition) is 1. The van der Waals surface area contributed by atoms with Crippen molar-refractivity contribution >= 4 is 23.7 Å². The molecule has 42 heavy (non-hydrogen) atoms. The summed E-state index contributed by atoms with van der Waals surface area (Å²) in [7, 11) is 1.43. The number of nitrogens with one attached hydrogen (secondary N) is 1. The van der Waals surface area contributed by atoms with Gasteiger partial charge in [0, 0.05) is 44.8 Å². The van der Waals surface area contributed by atoms with Gasteiger partial charge in [0.25, 0.3) is 0 Å². The number of methoxy groups -OCH3 is 1. The zero-order chi connectivity index (χ0) is 29.6. The van der Waals surface area contributed by atoms with E-state index in [1.807, 2.05) is 67.6 Å². The van der Waals surface area contributed by atoms with Gasteiger partial charge >= 0.3 is 0 Å². The number of halogens is 1. The second kappa shape index (κ2) is 13.2. The van der Waals surface area contributed by atoms with Crippen molar-refractivity contribution in [2.45, 2.75) is 24.9 Å². The van der Waals surface area contributed by atoms with Crippen molar-refractivity contribution in [2.24, 2.45) is 5.92 Å². The highest BCUT2D eigenvalue weighted by Crippen LogP contribution is 2.46. The fourth-order valence-electron chi connectivity index (χ4n) is 6.17. The summed E-state index contributed by atoms with van der Waals surface area (Å²) in [5.74, 6) is -2.74. The smallest absolute Gasteiger partial charge is 0.249 e. The standard InChI is InChI=1S/C34H36FN3O4/c1-23-7-6-10-26(21-23)33(40)31-28(16-11-24-8-4-3-5-9-24)38(29(39)22-42-2)32(34(41)37-19-17-36-18-20-37)30(31)25-12-14-27(35)15-13-25/h3-16,21,28,30-32,36H,17-20,22H2,1-2H3. The van der Waals surface area contributed by atoms with Gasteiger partial charge in [-0.1, -0.05) is 78.4 Å². The molecule has 0 aromatic heterocycles. The Morgan fingerprint density at radius 3 is 2.36 bits per heavy atom. The Hall–Kier alpha value is -4.14. The summed E-state index contributed by atoms with van der Waals surface area (Å²) in [5, 5.41) is 3.26. The molecule has 8 heteroatoms. The number of Topliss-reactive ketones (excluding diaryl/α,β-unsaturated/α-hetero) is 1. The molecule has 4 atom stereocenters. The molecule has 2 saturated heterocycles. The maximum Gasteiger partial charge on any atom is 0.249 e. The van der Waals surface area contributed by atoms with Crippen LogP contribution in [0.25, 0.3) is 6.08 Å². The van der Waals surface area contributed by atoms with Gasteiger partial charge in [-0.15, -0.1) is 0 Å². The van der Waals surface area contributed by atoms with Crippen LogP contribution in [0.2, 0.25) is 0 Å². The van der Waals surface area contributed by atoms with Gasteiger partial charge in [-0.05, 0) is 36.2 Å². The van der Waals surface area contributed by atoms with Gasteiger partial charge < -0.3 is 19.9 Å². The number of benzene rings is 3. The second-order valence-corrected chi connectivity index (χ2v) is 10.9. The minimum Gasteiger partial charge on any atom is -0.375 e. The van der Waals surface area contributed by atoms with E-state index in [9.17, 15) is 18.8 Å². The molecular weight excluding hydrogens is 533 g/mol. The van der Waals surface area contributed by atoms with Gasteiger partial charge in [0.1, 0.15) is 18.5 Å². The molecule has 0 aliphatic carbocycles. The molecule has 2 aliphatic heterocycles. The van der Waals surface area contributed by atoms with Gasteiger partial charge in [-0.3, -0.25) is 14.4 Å². The molecule has 7 nitrogen and oxygen atoms in total. The SMILES string of the molecule is COCC(=O)N1C(C=Cc2ccccc2)C(C(=O)c2cccc(C)c2)C(c2ccc(F)cc2)C1C(=O)N1CCNCC1. The van der Waals surface area contributed by atoms with E-state index in [4.69, 9.17) is 4.74 Å². The fourth-order valence-corrected chi connectivity index (χ4v) is 6.17. The van der Waals surface area contributed by atoms with Crippen LogP contribution in [0.5, 0.6) is 0 Å². The predicted octanol–water partition coefficient (Wildman–Crippen LogP) is 4.09. The first kappa shape index (κ1) is 29.4. The Balaban J connectivity index is 1.71. The number of amides is 2. The number of carbonyl (C=O) groups is 3. The monoisotopic (exact) mass is 569 g/mol. The summed E-state index contributed by atoms with van der Waals surface area (Å²) >= 11 is 0. The van der Waals surface area contributed by atoms with Crippen LogP contribution in [0.15, 0.2) is 84.9 Å². The molecule has 5 rings (SSSR count). The van der Waals surface area contributed by atoms with Gasteiger partial charge in [-0.2, -0.15) is 0 Å². The number of carbonyl (C=O) groups excluding carboxylic acids is 3. The molecule has 218 valence electrons. The fraction of sp³-hybridized carbons (Fsp3) is 0.324. The first-order valence-electron chi connectivity index (χ1n) is 14.3. The normalized spacial score (nSPS) is 22.5. The van der Waals surface area contributed by atoms with Gasteiger partial charge in [0.2, 0.25) is 11.8 Å². The second-order valence-electron chi connectivity index (χ2n) is 10.9. The predicted molar refractivity (Wildman–Crippen MR) is 159 cm³/mol. The molecule has 0 saturated carbocycles. The average molecular weight is 570 g/mol. The van der Waals surface area contributed by atoms with Crippen LogP contribution in [0, 0.1) is 18.7 Å². The van der Waals surface area contributed by atoms with E-state index in [1.54, 1.807) is 28.0 Å². The molecule has 2 fully saturated rings. The Bertz CT molecular complexity index is 1440. The van der Waals surface area contributed by atoms with Crippen molar-refractivity contribution in [3.8, 4) is 0 Å². The molecular formula is C34H36FN3O4. The summed E-state index contributed by atoms with van der Waals surface area (Å²) in [6.45, 7) is 3.91. The van der Waals surface area contributed by atoms with Crippen LogP contribution in [0.1, 0.15) is 33.0 Å². The summed E-state index contributed by atoms with van der Waals surface area (Å²) in [4.78, 5) is 46.1. The Labute approximate surface area is 246 Å². The molecule has 4 unspecified atom stereocenters. The maximum absolute atomic E-state index is 14.5. The number of piperazine rings is 1. The van der Waals surface area contributed by atoms with Crippen LogP contribution in [-0.2, 0) is 14.3 Å². The number of hydrogen-bond acceptors (Lipinski definition) is 5. The highest BCUT2D eigenvalue weighted by molar-refractivity contribution is 6.02. The highest BCUT2D eigenvalue weighted by atomic mass is 19.1. The lowest BCUT2D eigenvalue weighted by Gasteiger charge is -2.36. The zero-order valence-corrected chi connectivity index (χ0v) is 23.9. The molecule has 2 aliphatic rings. The summed E-state index contributed by atoms with van der Waals surface area (Å²) in [5.41, 5.74) is 2.95. The number of nitrogens with zero attached hydrogens (tertiary/aromatic N) is 2. The molecule has 0 bridgehead atoms. The highest BCUT2D eigenvalue weighted by Gasteiger charge is 2.56. The average Bonchev–Trinajstić information content (AvgIpc) is 3.35. The first-order valence-corrected chi connectivity index (χ1v) is 14.3. The topological polar surface area (TPSA) is 79.0 Å². The van der Waals surface area contributed by atoms with Gasteiger partial charge in [-0.25, -0.2) is 4.39 Å². The Kier molecular flexibility index (Phi) is 9.25. The number of aryl methyl sites for hydroxylation is 1.